The summed E-state index contributed by atoms with van der Waals surface area (Å²) in [5.41, 5.74) is 0.648. The fraction of sp³-hybridized carbons (Fsp3) is 0.389. The first-order valence-electron chi connectivity index (χ1n) is 8.18. The maximum atomic E-state index is 12.6. The molecule has 3 rings (SSSR count). The smallest absolute Gasteiger partial charge is 0.242 e. The average Bonchev–Trinajstić information content (AvgIpc) is 2.68. The SMILES string of the molecule is COc1ccccc1C1(CNS(=O)(=O)c2cccnc2)CCOCC1. The largest absolute Gasteiger partial charge is 0.496 e. The van der Waals surface area contributed by atoms with Gasteiger partial charge < -0.3 is 9.47 Å². The molecule has 0 bridgehead atoms. The minimum absolute atomic E-state index is 0.164. The number of sulfonamides is 1. The Bertz CT molecular complexity index is 803. The third kappa shape index (κ3) is 3.84. The second kappa shape index (κ2) is 7.51. The van der Waals surface area contributed by atoms with Crippen molar-refractivity contribution >= 4 is 10.0 Å². The third-order valence-electron chi connectivity index (χ3n) is 4.67. The molecule has 25 heavy (non-hydrogen) atoms. The highest BCUT2D eigenvalue weighted by atomic mass is 32.2. The number of aromatic nitrogens is 1. The van der Waals surface area contributed by atoms with Gasteiger partial charge in [0.2, 0.25) is 10.0 Å². The Morgan fingerprint density at radius 2 is 1.96 bits per heavy atom. The molecule has 0 spiro atoms. The second-order valence-corrected chi connectivity index (χ2v) is 7.87. The molecule has 0 radical (unpaired) electrons. The molecule has 1 aliphatic rings. The fourth-order valence-electron chi connectivity index (χ4n) is 3.21. The molecule has 2 aromatic rings. The van der Waals surface area contributed by atoms with E-state index in [2.05, 4.69) is 9.71 Å². The molecule has 134 valence electrons. The number of methoxy groups -OCH3 is 1. The fourth-order valence-corrected chi connectivity index (χ4v) is 4.30. The van der Waals surface area contributed by atoms with Gasteiger partial charge in [-0.2, -0.15) is 0 Å². The van der Waals surface area contributed by atoms with Gasteiger partial charge in [-0.25, -0.2) is 13.1 Å². The molecule has 1 aliphatic heterocycles. The molecule has 1 aromatic carbocycles. The standard InChI is InChI=1S/C18H22N2O4S/c1-23-17-7-3-2-6-16(17)18(8-11-24-12-9-18)14-20-25(21,22)15-5-4-10-19-13-15/h2-7,10,13,20H,8-9,11-12,14H2,1H3. The summed E-state index contributed by atoms with van der Waals surface area (Å²) in [6, 6.07) is 10.9. The van der Waals surface area contributed by atoms with Crippen LogP contribution in [0.1, 0.15) is 18.4 Å². The van der Waals surface area contributed by atoms with E-state index in [0.717, 1.165) is 24.2 Å². The minimum atomic E-state index is -3.62. The van der Waals surface area contributed by atoms with Crippen molar-refractivity contribution < 1.29 is 17.9 Å². The summed E-state index contributed by atoms with van der Waals surface area (Å²) in [6.07, 6.45) is 4.35. The van der Waals surface area contributed by atoms with Crippen molar-refractivity contribution in [3.63, 3.8) is 0 Å². The van der Waals surface area contributed by atoms with Crippen LogP contribution in [0.3, 0.4) is 0 Å². The molecule has 1 fully saturated rings. The molecular formula is C18H22N2O4S. The van der Waals surface area contributed by atoms with Crippen LogP contribution in [0.2, 0.25) is 0 Å². The number of nitrogens with one attached hydrogen (secondary N) is 1. The number of hydrogen-bond donors (Lipinski definition) is 1. The Labute approximate surface area is 148 Å². The summed E-state index contributed by atoms with van der Waals surface area (Å²) >= 11 is 0. The van der Waals surface area contributed by atoms with E-state index < -0.39 is 10.0 Å². The monoisotopic (exact) mass is 362 g/mol. The maximum absolute atomic E-state index is 12.6. The van der Waals surface area contributed by atoms with Gasteiger partial charge in [0.25, 0.3) is 0 Å². The van der Waals surface area contributed by atoms with Crippen LogP contribution in [0.25, 0.3) is 0 Å². The van der Waals surface area contributed by atoms with Gasteiger partial charge in [-0.05, 0) is 31.0 Å². The highest BCUT2D eigenvalue weighted by molar-refractivity contribution is 7.89. The number of benzene rings is 1. The van der Waals surface area contributed by atoms with Crippen LogP contribution in [0.5, 0.6) is 5.75 Å². The van der Waals surface area contributed by atoms with Crippen molar-refractivity contribution in [3.05, 3.63) is 54.4 Å². The van der Waals surface area contributed by atoms with Gasteiger partial charge in [0.1, 0.15) is 10.6 Å². The van der Waals surface area contributed by atoms with Crippen LogP contribution >= 0.6 is 0 Å². The van der Waals surface area contributed by atoms with Gasteiger partial charge in [0.05, 0.1) is 7.11 Å². The van der Waals surface area contributed by atoms with Gasteiger partial charge >= 0.3 is 0 Å². The first-order chi connectivity index (χ1) is 12.1. The van der Waals surface area contributed by atoms with E-state index in [1.807, 2.05) is 24.3 Å². The van der Waals surface area contributed by atoms with Crippen molar-refractivity contribution in [1.82, 2.24) is 9.71 Å². The number of nitrogens with zero attached hydrogens (tertiary/aromatic N) is 1. The molecule has 1 N–H and O–H groups in total. The molecule has 6 nitrogen and oxygen atoms in total. The van der Waals surface area contributed by atoms with Gasteiger partial charge in [0.15, 0.2) is 0 Å². The summed E-state index contributed by atoms with van der Waals surface area (Å²) < 4.78 is 39.0. The number of para-hydroxylation sites is 1. The zero-order chi connectivity index (χ0) is 17.8. The van der Waals surface area contributed by atoms with E-state index in [1.165, 1.54) is 12.3 Å². The van der Waals surface area contributed by atoms with Crippen molar-refractivity contribution in [2.45, 2.75) is 23.2 Å². The molecule has 0 atom stereocenters. The molecule has 1 saturated heterocycles. The van der Waals surface area contributed by atoms with Crippen LogP contribution in [0.4, 0.5) is 0 Å². The van der Waals surface area contributed by atoms with Crippen LogP contribution in [0, 0.1) is 0 Å². The van der Waals surface area contributed by atoms with Gasteiger partial charge in [0, 0.05) is 43.1 Å². The number of hydrogen-bond acceptors (Lipinski definition) is 5. The van der Waals surface area contributed by atoms with Crippen molar-refractivity contribution in [2.24, 2.45) is 0 Å². The van der Waals surface area contributed by atoms with E-state index in [9.17, 15) is 8.42 Å². The maximum Gasteiger partial charge on any atom is 0.242 e. The lowest BCUT2D eigenvalue weighted by Crippen LogP contribution is -2.44. The van der Waals surface area contributed by atoms with E-state index >= 15 is 0 Å². The van der Waals surface area contributed by atoms with E-state index in [0.29, 0.717) is 13.2 Å². The molecular weight excluding hydrogens is 340 g/mol. The Morgan fingerprint density at radius 3 is 2.64 bits per heavy atom. The van der Waals surface area contributed by atoms with Crippen molar-refractivity contribution in [1.29, 1.82) is 0 Å². The Morgan fingerprint density at radius 1 is 1.20 bits per heavy atom. The van der Waals surface area contributed by atoms with Gasteiger partial charge in [-0.3, -0.25) is 4.98 Å². The van der Waals surface area contributed by atoms with Gasteiger partial charge in [-0.15, -0.1) is 0 Å². The minimum Gasteiger partial charge on any atom is -0.496 e. The highest BCUT2D eigenvalue weighted by Gasteiger charge is 2.37. The van der Waals surface area contributed by atoms with Crippen LogP contribution in [-0.2, 0) is 20.2 Å². The second-order valence-electron chi connectivity index (χ2n) is 6.11. The van der Waals surface area contributed by atoms with Crippen LogP contribution in [0.15, 0.2) is 53.7 Å². The summed E-state index contributed by atoms with van der Waals surface area (Å²) in [4.78, 5) is 4.05. The van der Waals surface area contributed by atoms with E-state index in [-0.39, 0.29) is 16.9 Å². The van der Waals surface area contributed by atoms with E-state index in [1.54, 1.807) is 19.4 Å². The zero-order valence-electron chi connectivity index (χ0n) is 14.1. The quantitative estimate of drug-likeness (QED) is 0.852. The lowest BCUT2D eigenvalue weighted by Gasteiger charge is -2.38. The van der Waals surface area contributed by atoms with Crippen LogP contribution < -0.4 is 9.46 Å². The molecule has 2 heterocycles. The van der Waals surface area contributed by atoms with E-state index in [4.69, 9.17) is 9.47 Å². The third-order valence-corrected chi connectivity index (χ3v) is 6.06. The Balaban J connectivity index is 1.90. The molecule has 0 saturated carbocycles. The van der Waals surface area contributed by atoms with Crippen molar-refractivity contribution in [2.75, 3.05) is 26.9 Å². The lowest BCUT2D eigenvalue weighted by molar-refractivity contribution is 0.0509. The summed E-state index contributed by atoms with van der Waals surface area (Å²) in [5, 5.41) is 0. The first kappa shape index (κ1) is 17.8. The topological polar surface area (TPSA) is 77.5 Å². The molecule has 0 amide bonds. The first-order valence-corrected chi connectivity index (χ1v) is 9.67. The zero-order valence-corrected chi connectivity index (χ0v) is 15.0. The summed E-state index contributed by atoms with van der Waals surface area (Å²) in [6.45, 7) is 1.47. The average molecular weight is 362 g/mol. The molecule has 0 aliphatic carbocycles. The molecule has 0 unspecified atom stereocenters. The normalized spacial score (nSPS) is 17.2. The predicted molar refractivity (Wildman–Crippen MR) is 94.2 cm³/mol. The summed E-state index contributed by atoms with van der Waals surface area (Å²) in [5.74, 6) is 0.768. The number of ether oxygens (including phenoxy) is 2. The van der Waals surface area contributed by atoms with Crippen molar-refractivity contribution in [3.8, 4) is 5.75 Å². The van der Waals surface area contributed by atoms with Gasteiger partial charge in [-0.1, -0.05) is 18.2 Å². The molecule has 7 heteroatoms. The van der Waals surface area contributed by atoms with Crippen LogP contribution in [-0.4, -0.2) is 40.3 Å². The predicted octanol–water partition coefficient (Wildman–Crippen LogP) is 2.12. The number of pyridine rings is 1. The molecule has 1 aromatic heterocycles. The Hall–Kier alpha value is -1.96. The summed E-state index contributed by atoms with van der Waals surface area (Å²) in [7, 11) is -1.99. The highest BCUT2D eigenvalue weighted by Crippen LogP contribution is 2.39. The Kier molecular flexibility index (Phi) is 5.36. The number of rotatable bonds is 6. The lowest BCUT2D eigenvalue weighted by atomic mass is 9.74.